The van der Waals surface area contributed by atoms with Crippen LogP contribution in [-0.2, 0) is 28.5 Å². The van der Waals surface area contributed by atoms with Crippen LogP contribution in [0.25, 0.3) is 11.1 Å². The number of benzene rings is 3. The van der Waals surface area contributed by atoms with Crippen molar-refractivity contribution in [1.29, 1.82) is 0 Å². The molecule has 2 atom stereocenters. The minimum Gasteiger partial charge on any atom is -0.493 e. The predicted octanol–water partition coefficient (Wildman–Crippen LogP) is 8.23. The van der Waals surface area contributed by atoms with E-state index in [0.29, 0.717) is 37.4 Å². The van der Waals surface area contributed by atoms with Crippen LogP contribution >= 0.6 is 0 Å². The molecule has 0 amide bonds. The van der Waals surface area contributed by atoms with Crippen LogP contribution in [0.5, 0.6) is 11.5 Å². The number of methoxy groups -OCH3 is 1. The number of carbonyl (C=O) groups excluding carboxylic acids is 1. The second kappa shape index (κ2) is 12.5. The van der Waals surface area contributed by atoms with Crippen LogP contribution in [0.3, 0.4) is 0 Å². The van der Waals surface area contributed by atoms with E-state index in [1.807, 2.05) is 26.0 Å². The van der Waals surface area contributed by atoms with Gasteiger partial charge in [0.2, 0.25) is 0 Å². The second-order valence-electron chi connectivity index (χ2n) is 12.8. The molecule has 0 saturated carbocycles. The number of aryl methyl sites for hydroxylation is 3. The number of rotatable bonds is 10. The summed E-state index contributed by atoms with van der Waals surface area (Å²) < 4.78 is 59.8. The molecule has 1 aliphatic carbocycles. The molecule has 1 aliphatic heterocycles. The van der Waals surface area contributed by atoms with Gasteiger partial charge in [0.25, 0.3) is 0 Å². The van der Waals surface area contributed by atoms with Crippen molar-refractivity contribution in [3.63, 3.8) is 0 Å². The zero-order chi connectivity index (χ0) is 31.8. The smallest absolute Gasteiger partial charge is 0.417 e. The van der Waals surface area contributed by atoms with Gasteiger partial charge in [-0.3, -0.25) is 4.79 Å². The Morgan fingerprint density at radius 1 is 1.00 bits per heavy atom. The maximum absolute atomic E-state index is 14.4. The van der Waals surface area contributed by atoms with E-state index in [4.69, 9.17) is 14.2 Å². The maximum Gasteiger partial charge on any atom is 0.417 e. The molecule has 3 aromatic carbocycles. The first kappa shape index (κ1) is 31.9. The lowest BCUT2D eigenvalue weighted by Gasteiger charge is -2.22. The lowest BCUT2D eigenvalue weighted by atomic mass is 9.85. The van der Waals surface area contributed by atoms with Crippen molar-refractivity contribution < 1.29 is 37.3 Å². The third-order valence-corrected chi connectivity index (χ3v) is 8.96. The number of alkyl halides is 3. The molecular formula is C36H41F3O5. The van der Waals surface area contributed by atoms with E-state index in [-0.39, 0.29) is 29.8 Å². The van der Waals surface area contributed by atoms with Crippen molar-refractivity contribution in [2.45, 2.75) is 89.8 Å². The Kier molecular flexibility index (Phi) is 9.04. The largest absolute Gasteiger partial charge is 0.493 e. The number of fused-ring (bicyclic) bond motifs is 2. The molecule has 3 aromatic rings. The van der Waals surface area contributed by atoms with Crippen LogP contribution in [0.1, 0.15) is 90.3 Å². The van der Waals surface area contributed by atoms with E-state index in [2.05, 4.69) is 6.07 Å². The highest BCUT2D eigenvalue weighted by Crippen LogP contribution is 2.49. The average Bonchev–Trinajstić information content (AvgIpc) is 3.54. The summed E-state index contributed by atoms with van der Waals surface area (Å²) in [4.78, 5) is 11.8. The highest BCUT2D eigenvalue weighted by atomic mass is 19.4. The number of ether oxygens (including phenoxy) is 3. The summed E-state index contributed by atoms with van der Waals surface area (Å²) in [6.07, 6.45) is -0.804. The summed E-state index contributed by atoms with van der Waals surface area (Å²) >= 11 is 0. The van der Waals surface area contributed by atoms with Gasteiger partial charge in [-0.05, 0) is 123 Å². The van der Waals surface area contributed by atoms with Crippen LogP contribution in [0.15, 0.2) is 42.5 Å². The van der Waals surface area contributed by atoms with Gasteiger partial charge in [0.05, 0.1) is 37.9 Å². The fraction of sp³-hybridized carbons (Fsp3) is 0.472. The van der Waals surface area contributed by atoms with Gasteiger partial charge in [0, 0.05) is 17.9 Å². The van der Waals surface area contributed by atoms with Crippen molar-refractivity contribution in [2.75, 3.05) is 20.3 Å². The number of esters is 1. The summed E-state index contributed by atoms with van der Waals surface area (Å²) in [6.45, 7) is 7.85. The molecule has 236 valence electrons. The monoisotopic (exact) mass is 610 g/mol. The number of aliphatic hydroxyl groups is 1. The van der Waals surface area contributed by atoms with Crippen molar-refractivity contribution >= 4 is 5.97 Å². The third-order valence-electron chi connectivity index (χ3n) is 8.96. The minimum absolute atomic E-state index is 0.0188. The first-order chi connectivity index (χ1) is 20.7. The Morgan fingerprint density at radius 2 is 1.70 bits per heavy atom. The van der Waals surface area contributed by atoms with E-state index in [1.165, 1.54) is 13.2 Å². The van der Waals surface area contributed by atoms with Gasteiger partial charge in [-0.15, -0.1) is 0 Å². The third kappa shape index (κ3) is 6.90. The topological polar surface area (TPSA) is 65.0 Å². The maximum atomic E-state index is 14.4. The highest BCUT2D eigenvalue weighted by molar-refractivity contribution is 5.80. The van der Waals surface area contributed by atoms with Crippen LogP contribution in [-0.4, -0.2) is 37.0 Å². The van der Waals surface area contributed by atoms with E-state index in [0.717, 1.165) is 58.4 Å². The molecule has 8 heteroatoms. The van der Waals surface area contributed by atoms with Gasteiger partial charge in [-0.1, -0.05) is 18.2 Å². The van der Waals surface area contributed by atoms with Gasteiger partial charge in [0.1, 0.15) is 11.5 Å². The van der Waals surface area contributed by atoms with Gasteiger partial charge < -0.3 is 19.3 Å². The van der Waals surface area contributed by atoms with Crippen LogP contribution in [0, 0.1) is 13.8 Å². The molecule has 1 N–H and O–H groups in total. The van der Waals surface area contributed by atoms with Crippen molar-refractivity contribution in [3.8, 4) is 22.6 Å². The summed E-state index contributed by atoms with van der Waals surface area (Å²) in [5.74, 6) is 1.24. The molecule has 1 heterocycles. The number of carbonyl (C=O) groups is 1. The average molecular weight is 611 g/mol. The summed E-state index contributed by atoms with van der Waals surface area (Å²) in [7, 11) is 1.38. The molecule has 0 fully saturated rings. The lowest BCUT2D eigenvalue weighted by molar-refractivity contribution is -0.141. The zero-order valence-corrected chi connectivity index (χ0v) is 26.1. The summed E-state index contributed by atoms with van der Waals surface area (Å²) in [5.41, 5.74) is 4.79. The van der Waals surface area contributed by atoms with Crippen molar-refractivity contribution in [3.05, 3.63) is 81.4 Å². The summed E-state index contributed by atoms with van der Waals surface area (Å²) in [5, 5.41) is 9.99. The molecule has 44 heavy (non-hydrogen) atoms. The van der Waals surface area contributed by atoms with E-state index < -0.39 is 17.3 Å². The number of hydrogen-bond donors (Lipinski definition) is 1. The van der Waals surface area contributed by atoms with E-state index in [1.54, 1.807) is 32.0 Å². The molecule has 2 aliphatic rings. The van der Waals surface area contributed by atoms with Crippen LogP contribution in [0.4, 0.5) is 13.2 Å². The van der Waals surface area contributed by atoms with Gasteiger partial charge in [-0.25, -0.2) is 0 Å². The SMILES string of the molecule is COC(=O)C[C@@H]1COc2cc(CC[C@@H]3CCc4c3ccc(C(F)(F)F)c4-c3c(C)cc(OCCC(C)(C)O)cc3C)ccc21. The van der Waals surface area contributed by atoms with Gasteiger partial charge >= 0.3 is 12.1 Å². The van der Waals surface area contributed by atoms with E-state index in [9.17, 15) is 23.1 Å². The normalized spacial score (nSPS) is 17.7. The first-order valence-electron chi connectivity index (χ1n) is 15.3. The molecule has 0 radical (unpaired) electrons. The van der Waals surface area contributed by atoms with E-state index >= 15 is 0 Å². The molecule has 0 spiro atoms. The Balaban J connectivity index is 1.39. The molecule has 0 bridgehead atoms. The fourth-order valence-electron chi connectivity index (χ4n) is 6.70. The van der Waals surface area contributed by atoms with Crippen LogP contribution in [0.2, 0.25) is 0 Å². The van der Waals surface area contributed by atoms with Crippen molar-refractivity contribution in [2.24, 2.45) is 0 Å². The molecule has 0 unspecified atom stereocenters. The van der Waals surface area contributed by atoms with Crippen LogP contribution < -0.4 is 9.47 Å². The van der Waals surface area contributed by atoms with Gasteiger partial charge in [0.15, 0.2) is 0 Å². The number of halogens is 3. The Hall–Kier alpha value is -3.52. The molecular weight excluding hydrogens is 569 g/mol. The highest BCUT2D eigenvalue weighted by Gasteiger charge is 2.38. The Bertz CT molecular complexity index is 1510. The second-order valence-corrected chi connectivity index (χ2v) is 12.8. The zero-order valence-electron chi connectivity index (χ0n) is 26.1. The first-order valence-corrected chi connectivity index (χ1v) is 15.3. The fourth-order valence-corrected chi connectivity index (χ4v) is 6.70. The quantitative estimate of drug-likeness (QED) is 0.234. The summed E-state index contributed by atoms with van der Waals surface area (Å²) in [6, 6.07) is 12.6. The van der Waals surface area contributed by atoms with Crippen molar-refractivity contribution in [1.82, 2.24) is 0 Å². The van der Waals surface area contributed by atoms with Gasteiger partial charge in [-0.2, -0.15) is 13.2 Å². The lowest BCUT2D eigenvalue weighted by Crippen LogP contribution is -2.21. The number of hydrogen-bond acceptors (Lipinski definition) is 5. The molecule has 0 aromatic heterocycles. The molecule has 5 nitrogen and oxygen atoms in total. The minimum atomic E-state index is -4.49. The Morgan fingerprint density at radius 3 is 2.36 bits per heavy atom. The Labute approximate surface area is 257 Å². The standard InChI is InChI=1S/C36H41F3O5/c1-21-16-26(43-15-14-35(3,4)41)17-22(2)33(21)34-29-11-9-24(27(29)12-13-30(34)36(37,38)39)8-6-23-7-10-28-25(19-32(40)42-5)20-44-31(28)18-23/h7,10,12-13,16-18,24-25,41H,6,8-9,11,14-15,19-20H2,1-5H3/t24-,25-/m1/s1. The molecule has 5 rings (SSSR count). The predicted molar refractivity (Wildman–Crippen MR) is 163 cm³/mol. The molecule has 0 saturated heterocycles.